The summed E-state index contributed by atoms with van der Waals surface area (Å²) in [5, 5.41) is 6.58. The van der Waals surface area contributed by atoms with Crippen molar-refractivity contribution in [1.29, 1.82) is 0 Å². The van der Waals surface area contributed by atoms with E-state index in [1.165, 1.54) is 6.07 Å². The number of halogens is 2. The van der Waals surface area contributed by atoms with E-state index >= 15 is 0 Å². The van der Waals surface area contributed by atoms with Crippen LogP contribution in [0.2, 0.25) is 0 Å². The second-order valence-electron chi connectivity index (χ2n) is 6.24. The molecule has 0 aromatic heterocycles. The first-order valence-corrected chi connectivity index (χ1v) is 8.72. The summed E-state index contributed by atoms with van der Waals surface area (Å²) in [6.45, 7) is 10.7. The van der Waals surface area contributed by atoms with Crippen molar-refractivity contribution in [2.24, 2.45) is 4.99 Å². The quantitative estimate of drug-likeness (QED) is 0.386. The number of nitrogens with zero attached hydrogens (tertiary/aromatic N) is 2. The van der Waals surface area contributed by atoms with Crippen LogP contribution in [-0.2, 0) is 4.74 Å². The highest BCUT2D eigenvalue weighted by atomic mass is 127. The predicted molar refractivity (Wildman–Crippen MR) is 111 cm³/mol. The van der Waals surface area contributed by atoms with Gasteiger partial charge in [0.1, 0.15) is 5.82 Å². The van der Waals surface area contributed by atoms with E-state index in [0.29, 0.717) is 25.8 Å². The Morgan fingerprint density at radius 2 is 2.04 bits per heavy atom. The van der Waals surface area contributed by atoms with Crippen molar-refractivity contribution in [2.75, 3.05) is 39.4 Å². The van der Waals surface area contributed by atoms with Gasteiger partial charge in [0.15, 0.2) is 5.96 Å². The summed E-state index contributed by atoms with van der Waals surface area (Å²) in [5.41, 5.74) is 0.959. The number of benzene rings is 1. The Morgan fingerprint density at radius 1 is 1.32 bits per heavy atom. The first-order chi connectivity index (χ1) is 11.6. The number of guanidine groups is 1. The van der Waals surface area contributed by atoms with E-state index in [1.807, 2.05) is 13.0 Å². The molecule has 1 heterocycles. The molecule has 1 aromatic rings. The fourth-order valence-electron chi connectivity index (χ4n) is 2.81. The molecule has 1 aromatic carbocycles. The summed E-state index contributed by atoms with van der Waals surface area (Å²) in [6, 6.07) is 7.18. The Morgan fingerprint density at radius 3 is 2.64 bits per heavy atom. The van der Waals surface area contributed by atoms with Gasteiger partial charge < -0.3 is 15.4 Å². The molecule has 1 fully saturated rings. The number of hydrogen-bond donors (Lipinski definition) is 2. The van der Waals surface area contributed by atoms with Gasteiger partial charge in [-0.3, -0.25) is 9.89 Å². The summed E-state index contributed by atoms with van der Waals surface area (Å²) in [5.74, 6) is 0.587. The topological polar surface area (TPSA) is 48.9 Å². The van der Waals surface area contributed by atoms with Crippen LogP contribution in [0, 0.1) is 5.82 Å². The molecule has 2 N–H and O–H groups in total. The molecule has 0 aliphatic carbocycles. The van der Waals surface area contributed by atoms with Gasteiger partial charge >= 0.3 is 0 Å². The number of ether oxygens (including phenoxy) is 1. The van der Waals surface area contributed by atoms with Gasteiger partial charge in [0.2, 0.25) is 0 Å². The molecule has 142 valence electrons. The highest BCUT2D eigenvalue weighted by Crippen LogP contribution is 2.23. The summed E-state index contributed by atoms with van der Waals surface area (Å²) in [6.07, 6.45) is 0. The first kappa shape index (κ1) is 22.1. The molecule has 5 nitrogen and oxygen atoms in total. The maximum atomic E-state index is 13.7. The zero-order valence-electron chi connectivity index (χ0n) is 15.3. The Labute approximate surface area is 167 Å². The van der Waals surface area contributed by atoms with Crippen LogP contribution in [0.1, 0.15) is 32.4 Å². The number of nitrogens with one attached hydrogen (secondary N) is 2. The zero-order valence-corrected chi connectivity index (χ0v) is 17.6. The zero-order chi connectivity index (χ0) is 17.4. The van der Waals surface area contributed by atoms with Gasteiger partial charge in [0.25, 0.3) is 0 Å². The molecule has 0 saturated carbocycles. The van der Waals surface area contributed by atoms with E-state index in [2.05, 4.69) is 29.4 Å². The summed E-state index contributed by atoms with van der Waals surface area (Å²) < 4.78 is 19.1. The standard InChI is InChI=1S/C18H29FN4O.HI/c1-4-20-18(22-14(2)3)21-13-17(23-8-10-24-11-9-23)15-6-5-7-16(19)12-15;/h5-7,12,14,17H,4,8-11,13H2,1-3H3,(H2,20,21,22);1H. The molecule has 25 heavy (non-hydrogen) atoms. The smallest absolute Gasteiger partial charge is 0.191 e. The fourth-order valence-corrected chi connectivity index (χ4v) is 2.81. The van der Waals surface area contributed by atoms with Crippen molar-refractivity contribution in [3.63, 3.8) is 0 Å². The molecule has 0 radical (unpaired) electrons. The minimum atomic E-state index is -0.207. The third-order valence-corrected chi connectivity index (χ3v) is 3.91. The largest absolute Gasteiger partial charge is 0.379 e. The Balaban J connectivity index is 0.00000312. The van der Waals surface area contributed by atoms with Crippen molar-refractivity contribution < 1.29 is 9.13 Å². The highest BCUT2D eigenvalue weighted by molar-refractivity contribution is 14.0. The van der Waals surface area contributed by atoms with Crippen LogP contribution < -0.4 is 10.6 Å². The van der Waals surface area contributed by atoms with Crippen LogP contribution in [0.3, 0.4) is 0 Å². The second kappa shape index (κ2) is 11.6. The molecule has 1 saturated heterocycles. The monoisotopic (exact) mass is 464 g/mol. The van der Waals surface area contributed by atoms with E-state index in [9.17, 15) is 4.39 Å². The Hall–Kier alpha value is -0.930. The van der Waals surface area contributed by atoms with Crippen LogP contribution >= 0.6 is 24.0 Å². The first-order valence-electron chi connectivity index (χ1n) is 8.72. The molecule has 0 amide bonds. The lowest BCUT2D eigenvalue weighted by molar-refractivity contribution is 0.0179. The molecular weight excluding hydrogens is 434 g/mol. The minimum absolute atomic E-state index is 0. The third-order valence-electron chi connectivity index (χ3n) is 3.91. The summed E-state index contributed by atoms with van der Waals surface area (Å²) in [7, 11) is 0. The van der Waals surface area contributed by atoms with Gasteiger partial charge in [-0.1, -0.05) is 12.1 Å². The Bertz CT molecular complexity index is 536. The molecule has 7 heteroatoms. The van der Waals surface area contributed by atoms with Crippen LogP contribution in [-0.4, -0.2) is 56.3 Å². The van der Waals surface area contributed by atoms with Crippen molar-refractivity contribution >= 4 is 29.9 Å². The van der Waals surface area contributed by atoms with Crippen molar-refractivity contribution in [3.8, 4) is 0 Å². The van der Waals surface area contributed by atoms with Gasteiger partial charge in [-0.15, -0.1) is 24.0 Å². The number of hydrogen-bond acceptors (Lipinski definition) is 3. The molecule has 1 aliphatic heterocycles. The number of rotatable bonds is 6. The van der Waals surface area contributed by atoms with Crippen molar-refractivity contribution in [2.45, 2.75) is 32.9 Å². The molecule has 1 atom stereocenters. The Kier molecular flexibility index (Phi) is 10.3. The van der Waals surface area contributed by atoms with Crippen molar-refractivity contribution in [1.82, 2.24) is 15.5 Å². The van der Waals surface area contributed by atoms with Gasteiger partial charge in [-0.25, -0.2) is 4.39 Å². The average Bonchev–Trinajstić information content (AvgIpc) is 2.56. The van der Waals surface area contributed by atoms with E-state index in [1.54, 1.807) is 12.1 Å². The van der Waals surface area contributed by atoms with E-state index in [-0.39, 0.29) is 35.8 Å². The SMILES string of the molecule is CCNC(=NCC(c1cccc(F)c1)N1CCOCC1)NC(C)C.I. The van der Waals surface area contributed by atoms with Crippen LogP contribution in [0.5, 0.6) is 0 Å². The molecule has 0 spiro atoms. The second-order valence-corrected chi connectivity index (χ2v) is 6.24. The molecule has 2 rings (SSSR count). The lowest BCUT2D eigenvalue weighted by Gasteiger charge is -2.34. The van der Waals surface area contributed by atoms with E-state index in [4.69, 9.17) is 9.73 Å². The van der Waals surface area contributed by atoms with Gasteiger partial charge in [-0.2, -0.15) is 0 Å². The molecule has 1 unspecified atom stereocenters. The normalized spacial score (nSPS) is 17.1. The fraction of sp³-hybridized carbons (Fsp3) is 0.611. The van der Waals surface area contributed by atoms with Gasteiger partial charge in [0, 0.05) is 25.7 Å². The predicted octanol–water partition coefficient (Wildman–Crippen LogP) is 2.78. The van der Waals surface area contributed by atoms with Crippen LogP contribution in [0.25, 0.3) is 0 Å². The molecule has 1 aliphatic rings. The van der Waals surface area contributed by atoms with Crippen molar-refractivity contribution in [3.05, 3.63) is 35.6 Å². The summed E-state index contributed by atoms with van der Waals surface area (Å²) in [4.78, 5) is 7.04. The van der Waals surface area contributed by atoms with E-state index < -0.39 is 0 Å². The van der Waals surface area contributed by atoms with Gasteiger partial charge in [0.05, 0.1) is 25.8 Å². The molecular formula is C18H30FIN4O. The lowest BCUT2D eigenvalue weighted by Crippen LogP contribution is -2.43. The number of morpholine rings is 1. The lowest BCUT2D eigenvalue weighted by atomic mass is 10.0. The molecule has 0 bridgehead atoms. The number of aliphatic imine (C=N–C) groups is 1. The van der Waals surface area contributed by atoms with Crippen LogP contribution in [0.15, 0.2) is 29.3 Å². The third kappa shape index (κ3) is 7.45. The van der Waals surface area contributed by atoms with E-state index in [0.717, 1.165) is 31.2 Å². The maximum Gasteiger partial charge on any atom is 0.191 e. The van der Waals surface area contributed by atoms with Crippen LogP contribution in [0.4, 0.5) is 4.39 Å². The average molecular weight is 464 g/mol. The maximum absolute atomic E-state index is 13.7. The van der Waals surface area contributed by atoms with Gasteiger partial charge in [-0.05, 0) is 38.5 Å². The summed E-state index contributed by atoms with van der Waals surface area (Å²) >= 11 is 0. The minimum Gasteiger partial charge on any atom is -0.379 e. The highest BCUT2D eigenvalue weighted by Gasteiger charge is 2.23.